The summed E-state index contributed by atoms with van der Waals surface area (Å²) in [6, 6.07) is 33.0. The summed E-state index contributed by atoms with van der Waals surface area (Å²) < 4.78 is 22.2. The zero-order valence-corrected chi connectivity index (χ0v) is 40.7. The van der Waals surface area contributed by atoms with Gasteiger partial charge in [-0.2, -0.15) is 0 Å². The summed E-state index contributed by atoms with van der Waals surface area (Å²) in [7, 11) is 3.28. The molecule has 1 unspecified atom stereocenters. The predicted molar refractivity (Wildman–Crippen MR) is 254 cm³/mol. The zero-order chi connectivity index (χ0) is 45.0. The van der Waals surface area contributed by atoms with Crippen molar-refractivity contribution in [1.82, 2.24) is 9.97 Å². The molecule has 2 fully saturated rings. The Hall–Kier alpha value is -4.80. The number of methoxy groups -OCH3 is 2. The molecule has 3 radical (unpaired) electrons. The van der Waals surface area contributed by atoms with Crippen LogP contribution in [0.15, 0.2) is 122 Å². The maximum absolute atomic E-state index is 12.9. The molecule has 2 N–H and O–H groups in total. The van der Waals surface area contributed by atoms with E-state index in [2.05, 4.69) is 19.8 Å². The molecule has 4 aromatic carbocycles. The van der Waals surface area contributed by atoms with Crippen molar-refractivity contribution >= 4 is 55.1 Å². The van der Waals surface area contributed by atoms with Gasteiger partial charge >= 0.3 is 29.6 Å². The second kappa shape index (κ2) is 25.4. The van der Waals surface area contributed by atoms with Crippen LogP contribution in [0.3, 0.4) is 0 Å². The molecule has 6 aromatic rings. The smallest absolute Gasteiger partial charge is 1.00 e. The topological polar surface area (TPSA) is 144 Å². The van der Waals surface area contributed by atoms with E-state index < -0.39 is 6.10 Å². The molecule has 12 nitrogen and oxygen atoms in total. The van der Waals surface area contributed by atoms with Crippen LogP contribution in [-0.2, 0) is 29.3 Å². The van der Waals surface area contributed by atoms with E-state index in [1.807, 2.05) is 60.7 Å². The summed E-state index contributed by atoms with van der Waals surface area (Å²) in [5.41, 5.74) is 7.59. The SMILES string of the molecule is COCc1ccc(C(=O)c2ccc(N3CC[C@H](Oc4ncccc4Cl)C3)c(C=O)c2)cc1.COCc1ccc(C(O)c2ccc(N3CC[C@H](Oc4ncccc4Cl)C3)c(CO)c2)cc1.[B].[H-].[Na+]. The number of hydrogen-bond acceptors (Lipinski definition) is 12. The number of pyridine rings is 2. The van der Waals surface area contributed by atoms with Crippen LogP contribution in [-0.4, -0.2) is 93.3 Å². The number of rotatable bonds is 16. The van der Waals surface area contributed by atoms with E-state index in [0.29, 0.717) is 64.8 Å². The van der Waals surface area contributed by atoms with Crippen LogP contribution in [0.4, 0.5) is 11.4 Å². The minimum Gasteiger partial charge on any atom is -1.00 e. The second-order valence-corrected chi connectivity index (χ2v) is 16.3. The summed E-state index contributed by atoms with van der Waals surface area (Å²) >= 11 is 12.3. The molecule has 2 aliphatic heterocycles. The monoisotopic (exact) mass is 939 g/mol. The van der Waals surface area contributed by atoms with Crippen LogP contribution < -0.4 is 48.8 Å². The number of ketones is 1. The van der Waals surface area contributed by atoms with Crippen LogP contribution in [0.1, 0.15) is 74.5 Å². The number of benzene rings is 4. The molecule has 2 saturated heterocycles. The van der Waals surface area contributed by atoms with Crippen molar-refractivity contribution in [2.24, 2.45) is 0 Å². The third-order valence-corrected chi connectivity index (χ3v) is 11.7. The van der Waals surface area contributed by atoms with Crippen LogP contribution in [0.5, 0.6) is 11.8 Å². The molecule has 0 bridgehead atoms. The number of anilines is 2. The first-order valence-corrected chi connectivity index (χ1v) is 21.7. The molecule has 0 saturated carbocycles. The van der Waals surface area contributed by atoms with E-state index in [9.17, 15) is 19.8 Å². The molecule has 66 heavy (non-hydrogen) atoms. The van der Waals surface area contributed by atoms with Crippen molar-refractivity contribution in [3.8, 4) is 11.8 Å². The molecule has 16 heteroatoms. The van der Waals surface area contributed by atoms with E-state index in [1.165, 1.54) is 0 Å². The predicted octanol–water partition coefficient (Wildman–Crippen LogP) is 5.43. The summed E-state index contributed by atoms with van der Waals surface area (Å²) in [6.07, 6.45) is 4.80. The number of ether oxygens (including phenoxy) is 4. The molecule has 0 spiro atoms. The molecular weight excluding hydrogens is 889 g/mol. The number of aliphatic hydroxyl groups is 2. The third-order valence-electron chi connectivity index (χ3n) is 11.1. The minimum atomic E-state index is -0.771. The van der Waals surface area contributed by atoms with Gasteiger partial charge in [0.15, 0.2) is 12.1 Å². The van der Waals surface area contributed by atoms with Crippen molar-refractivity contribution in [2.75, 3.05) is 50.2 Å². The summed E-state index contributed by atoms with van der Waals surface area (Å²) in [4.78, 5) is 37.4. The molecule has 2 aliphatic rings. The Bertz CT molecular complexity index is 2530. The molecule has 0 amide bonds. The average molecular weight is 941 g/mol. The van der Waals surface area contributed by atoms with E-state index in [0.717, 1.165) is 71.4 Å². The third kappa shape index (κ3) is 13.2. The van der Waals surface area contributed by atoms with E-state index in [-0.39, 0.29) is 64.0 Å². The van der Waals surface area contributed by atoms with Crippen LogP contribution in [0.2, 0.25) is 10.0 Å². The van der Waals surface area contributed by atoms with Gasteiger partial charge in [0.1, 0.15) is 28.4 Å². The number of carbonyl (C=O) groups excluding carboxylic acids is 2. The van der Waals surface area contributed by atoms with Gasteiger partial charge in [-0.25, -0.2) is 9.97 Å². The minimum absolute atomic E-state index is 0. The van der Waals surface area contributed by atoms with Gasteiger partial charge in [0.05, 0.1) is 32.9 Å². The van der Waals surface area contributed by atoms with Gasteiger partial charge in [0.2, 0.25) is 11.8 Å². The zero-order valence-electron chi connectivity index (χ0n) is 38.2. The summed E-state index contributed by atoms with van der Waals surface area (Å²) in [6.45, 7) is 3.70. The first-order valence-electron chi connectivity index (χ1n) is 20.9. The van der Waals surface area contributed by atoms with Gasteiger partial charge in [-0.1, -0.05) is 77.8 Å². The van der Waals surface area contributed by atoms with Gasteiger partial charge in [0.25, 0.3) is 0 Å². The van der Waals surface area contributed by atoms with Gasteiger partial charge < -0.3 is 40.4 Å². The van der Waals surface area contributed by atoms with Gasteiger partial charge in [0, 0.05) is 94.6 Å². The Labute approximate surface area is 421 Å². The quantitative estimate of drug-likeness (QED) is 0.0726. The summed E-state index contributed by atoms with van der Waals surface area (Å²) in [5, 5.41) is 21.8. The first kappa shape index (κ1) is 52.2. The van der Waals surface area contributed by atoms with Crippen LogP contribution >= 0.6 is 23.2 Å². The van der Waals surface area contributed by atoms with E-state index in [4.69, 9.17) is 42.1 Å². The van der Waals surface area contributed by atoms with Crippen molar-refractivity contribution < 1.29 is 69.7 Å². The number of aromatic nitrogens is 2. The van der Waals surface area contributed by atoms with Crippen LogP contribution in [0, 0.1) is 0 Å². The maximum Gasteiger partial charge on any atom is 1.00 e. The Balaban J connectivity index is 0.000000280. The first-order chi connectivity index (χ1) is 31.2. The number of aldehydes is 1. The fourth-order valence-electron chi connectivity index (χ4n) is 7.85. The molecule has 8 rings (SSSR count). The Morgan fingerprint density at radius 3 is 1.76 bits per heavy atom. The number of halogens is 2. The average Bonchev–Trinajstić information content (AvgIpc) is 4.00. The molecular formula is C50H51BCl2N4NaO8. The second-order valence-electron chi connectivity index (χ2n) is 15.5. The molecule has 3 atom stereocenters. The van der Waals surface area contributed by atoms with Crippen molar-refractivity contribution in [3.05, 3.63) is 176 Å². The Morgan fingerprint density at radius 1 is 0.742 bits per heavy atom. The van der Waals surface area contributed by atoms with Crippen LogP contribution in [0.25, 0.3) is 0 Å². The maximum atomic E-state index is 12.9. The Morgan fingerprint density at radius 2 is 1.24 bits per heavy atom. The molecule has 337 valence electrons. The fourth-order valence-corrected chi connectivity index (χ4v) is 8.18. The molecule has 2 aromatic heterocycles. The molecule has 0 aliphatic carbocycles. The fraction of sp³-hybridized carbons (Fsp3) is 0.280. The Kier molecular flexibility index (Phi) is 20.1. The standard InChI is InChI=1S/C25H27ClN2O4.C25H23ClN2O4.B.Na.H/c2*1-31-16-17-4-6-18(7-5-17)24(30)19-8-9-23(20(13-19)15-29)28-12-10-21(14-28)32-25-22(26)3-2-11-27-25;;;/h2-9,11,13,21,24,29-30H,10,12,14-16H2,1H3;2-9,11,13,15,21H,10,12,14,16H2,1H3;;;/q;;;+1;-1/t21-,24?;21-;;;/m00.../s1. The van der Waals surface area contributed by atoms with Gasteiger partial charge in [-0.05, 0) is 76.9 Å². The van der Waals surface area contributed by atoms with Gasteiger partial charge in [-0.3, -0.25) is 9.59 Å². The largest absolute Gasteiger partial charge is 1.00 e. The number of nitrogens with zero attached hydrogens (tertiary/aromatic N) is 4. The number of hydrogen-bond donors (Lipinski definition) is 2. The van der Waals surface area contributed by atoms with E-state index >= 15 is 0 Å². The van der Waals surface area contributed by atoms with Crippen molar-refractivity contribution in [1.29, 1.82) is 0 Å². The van der Waals surface area contributed by atoms with Crippen molar-refractivity contribution in [2.45, 2.75) is 51.0 Å². The number of aliphatic hydroxyl groups excluding tert-OH is 2. The normalized spacial score (nSPS) is 15.7. The number of carbonyl (C=O) groups is 2. The van der Waals surface area contributed by atoms with Crippen molar-refractivity contribution in [3.63, 3.8) is 0 Å². The molecule has 4 heterocycles. The summed E-state index contributed by atoms with van der Waals surface area (Å²) in [5.74, 6) is 0.725. The van der Waals surface area contributed by atoms with Gasteiger partial charge in [-0.15, -0.1) is 0 Å². The van der Waals surface area contributed by atoms with E-state index in [1.54, 1.807) is 75.1 Å².